The molecule has 8 heteroatoms. The van der Waals surface area contributed by atoms with Gasteiger partial charge in [-0.25, -0.2) is 23.2 Å². The van der Waals surface area contributed by atoms with Crippen LogP contribution in [0, 0.1) is 0 Å². The molecule has 0 radical (unpaired) electrons. The van der Waals surface area contributed by atoms with E-state index in [1.54, 1.807) is 18.2 Å². The summed E-state index contributed by atoms with van der Waals surface area (Å²) in [5.74, 6) is -1.40. The predicted octanol–water partition coefficient (Wildman–Crippen LogP) is 0.856. The minimum Gasteiger partial charge on any atom is -0.478 e. The van der Waals surface area contributed by atoms with Gasteiger partial charge in [-0.1, -0.05) is 24.3 Å². The molecule has 112 valence electrons. The summed E-state index contributed by atoms with van der Waals surface area (Å²) in [5.41, 5.74) is 5.56. The maximum atomic E-state index is 12.8. The van der Waals surface area contributed by atoms with E-state index in [1.807, 2.05) is 0 Å². The molecule has 1 heterocycles. The van der Waals surface area contributed by atoms with Crippen molar-refractivity contribution < 1.29 is 18.3 Å². The average Bonchev–Trinajstić information content (AvgIpc) is 2.86. The molecule has 22 heavy (non-hydrogen) atoms. The molecule has 0 spiro atoms. The fraction of sp³-hybridized carbons (Fsp3) is 0.0714. The Balaban J connectivity index is 2.25. The highest BCUT2D eigenvalue weighted by atomic mass is 32.2. The molecule has 7 nitrogen and oxygen atoms in total. The van der Waals surface area contributed by atoms with Crippen molar-refractivity contribution in [3.05, 3.63) is 52.6 Å². The van der Waals surface area contributed by atoms with Crippen molar-refractivity contribution >= 4 is 27.5 Å². The van der Waals surface area contributed by atoms with E-state index in [-0.39, 0.29) is 39.2 Å². The highest BCUT2D eigenvalue weighted by Crippen LogP contribution is 2.33. The number of carbonyl (C=O) groups is 1. The van der Waals surface area contributed by atoms with Crippen LogP contribution in [0.1, 0.15) is 6.42 Å². The molecule has 0 atom stereocenters. The lowest BCUT2D eigenvalue weighted by Gasteiger charge is -2.16. The zero-order chi connectivity index (χ0) is 15.9. The van der Waals surface area contributed by atoms with E-state index in [4.69, 9.17) is 5.73 Å². The molecule has 0 saturated heterocycles. The molecular weight excluding hydrogens is 306 g/mol. The second-order valence-electron chi connectivity index (χ2n) is 4.65. The van der Waals surface area contributed by atoms with Crippen molar-refractivity contribution in [2.45, 2.75) is 11.3 Å². The number of aliphatic imine (C=N–C) groups is 2. The van der Waals surface area contributed by atoms with Crippen LogP contribution in [0.4, 0.5) is 0 Å². The van der Waals surface area contributed by atoms with Crippen molar-refractivity contribution in [1.82, 2.24) is 0 Å². The first-order valence-electron chi connectivity index (χ1n) is 6.31. The number of nitrogens with two attached hydrogens (primary N) is 1. The third-order valence-electron chi connectivity index (χ3n) is 3.27. The molecule has 1 aromatic rings. The van der Waals surface area contributed by atoms with Crippen LogP contribution in [-0.2, 0) is 14.6 Å². The minimum atomic E-state index is -4.04. The van der Waals surface area contributed by atoms with E-state index in [9.17, 15) is 18.3 Å². The number of rotatable bonds is 3. The van der Waals surface area contributed by atoms with Gasteiger partial charge in [0.2, 0.25) is 15.8 Å². The molecule has 0 fully saturated rings. The molecule has 2 aliphatic rings. The molecule has 0 aromatic heterocycles. The van der Waals surface area contributed by atoms with Crippen molar-refractivity contribution in [3.8, 4) is 0 Å². The summed E-state index contributed by atoms with van der Waals surface area (Å²) in [5, 5.41) is 9.33. The van der Waals surface area contributed by atoms with Gasteiger partial charge < -0.3 is 10.8 Å². The van der Waals surface area contributed by atoms with Crippen LogP contribution in [-0.4, -0.2) is 31.2 Å². The highest BCUT2D eigenvalue weighted by molar-refractivity contribution is 7.96. The molecule has 0 saturated carbocycles. The van der Waals surface area contributed by atoms with Gasteiger partial charge in [-0.05, 0) is 12.1 Å². The third kappa shape index (κ3) is 2.13. The fourth-order valence-corrected chi connectivity index (χ4v) is 3.96. The summed E-state index contributed by atoms with van der Waals surface area (Å²) in [6.45, 7) is 0. The normalized spacial score (nSPS) is 17.5. The minimum absolute atomic E-state index is 0.00169. The van der Waals surface area contributed by atoms with Gasteiger partial charge >= 0.3 is 5.97 Å². The summed E-state index contributed by atoms with van der Waals surface area (Å²) >= 11 is 0. The summed E-state index contributed by atoms with van der Waals surface area (Å²) in [7, 11) is -4.04. The molecule has 0 amide bonds. The maximum absolute atomic E-state index is 12.8. The molecular formula is C14H11N3O4S. The second-order valence-corrected chi connectivity index (χ2v) is 6.54. The number of hydrogen-bond donors (Lipinski definition) is 2. The number of carboxylic acids is 1. The lowest BCUT2D eigenvalue weighted by molar-refractivity contribution is -0.132. The Hall–Kier alpha value is -2.74. The van der Waals surface area contributed by atoms with E-state index in [0.717, 1.165) is 0 Å². The number of allylic oxidation sites excluding steroid dienone is 2. The summed E-state index contributed by atoms with van der Waals surface area (Å²) < 4.78 is 25.7. The SMILES string of the molecule is NC1=NC2=CCC(C(=O)O)=C(S(=O)(=O)c3ccccc3)C2=N1. The molecule has 1 aromatic carbocycles. The average molecular weight is 317 g/mol. The van der Waals surface area contributed by atoms with E-state index in [1.165, 1.54) is 18.2 Å². The van der Waals surface area contributed by atoms with Crippen molar-refractivity contribution in [1.29, 1.82) is 0 Å². The number of nitrogens with zero attached hydrogens (tertiary/aromatic N) is 2. The standard InChI is InChI=1S/C14H11N3O4S/c15-14-16-10-7-6-9(13(18)19)12(11(10)17-14)22(20,21)8-4-2-1-3-5-8/h1-5,7H,6H2,(H2,15,16)(H,18,19). The number of guanidine groups is 1. The van der Waals surface area contributed by atoms with Gasteiger partial charge in [-0.3, -0.25) is 0 Å². The second kappa shape index (κ2) is 4.92. The van der Waals surface area contributed by atoms with Crippen molar-refractivity contribution in [3.63, 3.8) is 0 Å². The van der Waals surface area contributed by atoms with Crippen LogP contribution in [0.25, 0.3) is 0 Å². The summed E-state index contributed by atoms with van der Waals surface area (Å²) in [6.07, 6.45) is 1.45. The van der Waals surface area contributed by atoms with E-state index in [0.29, 0.717) is 0 Å². The maximum Gasteiger partial charge on any atom is 0.333 e. The first kappa shape index (κ1) is 14.2. The van der Waals surface area contributed by atoms with Gasteiger partial charge in [0.15, 0.2) is 0 Å². The number of aliphatic carboxylic acids is 1. The monoisotopic (exact) mass is 317 g/mol. The third-order valence-corrected chi connectivity index (χ3v) is 5.14. The Kier molecular flexibility index (Phi) is 3.18. The van der Waals surface area contributed by atoms with Gasteiger partial charge in [0.05, 0.1) is 16.2 Å². The first-order valence-corrected chi connectivity index (χ1v) is 7.80. The van der Waals surface area contributed by atoms with Gasteiger partial charge in [0.1, 0.15) is 10.6 Å². The largest absolute Gasteiger partial charge is 0.478 e. The highest BCUT2D eigenvalue weighted by Gasteiger charge is 2.37. The van der Waals surface area contributed by atoms with Crippen LogP contribution >= 0.6 is 0 Å². The van der Waals surface area contributed by atoms with E-state index in [2.05, 4.69) is 9.98 Å². The fourth-order valence-electron chi connectivity index (χ4n) is 2.31. The smallest absolute Gasteiger partial charge is 0.333 e. The van der Waals surface area contributed by atoms with E-state index < -0.39 is 15.8 Å². The molecule has 3 N–H and O–H groups in total. The van der Waals surface area contributed by atoms with Crippen LogP contribution in [0.15, 0.2) is 67.5 Å². The number of benzene rings is 1. The number of hydrogen-bond acceptors (Lipinski definition) is 6. The van der Waals surface area contributed by atoms with Gasteiger partial charge in [-0.15, -0.1) is 0 Å². The van der Waals surface area contributed by atoms with Crippen LogP contribution in [0.5, 0.6) is 0 Å². The van der Waals surface area contributed by atoms with Gasteiger partial charge in [0.25, 0.3) is 0 Å². The summed E-state index contributed by atoms with van der Waals surface area (Å²) in [4.78, 5) is 18.9. The summed E-state index contributed by atoms with van der Waals surface area (Å²) in [6, 6.07) is 7.61. The molecule has 0 bridgehead atoms. The topological polar surface area (TPSA) is 122 Å². The number of sulfone groups is 1. The van der Waals surface area contributed by atoms with Gasteiger partial charge in [-0.2, -0.15) is 0 Å². The van der Waals surface area contributed by atoms with Crippen LogP contribution in [0.3, 0.4) is 0 Å². The first-order chi connectivity index (χ1) is 10.4. The number of fused-ring (bicyclic) bond motifs is 1. The lowest BCUT2D eigenvalue weighted by atomic mass is 10.0. The Labute approximate surface area is 126 Å². The van der Waals surface area contributed by atoms with Crippen LogP contribution in [0.2, 0.25) is 0 Å². The Morgan fingerprint density at radius 3 is 2.50 bits per heavy atom. The van der Waals surface area contributed by atoms with Crippen molar-refractivity contribution in [2.75, 3.05) is 0 Å². The molecule has 1 aliphatic carbocycles. The lowest BCUT2D eigenvalue weighted by Crippen LogP contribution is -2.23. The zero-order valence-electron chi connectivity index (χ0n) is 11.2. The molecule has 0 unspecified atom stereocenters. The quantitative estimate of drug-likeness (QED) is 0.856. The Morgan fingerprint density at radius 1 is 1.18 bits per heavy atom. The van der Waals surface area contributed by atoms with Crippen molar-refractivity contribution in [2.24, 2.45) is 15.7 Å². The Bertz CT molecular complexity index is 893. The zero-order valence-corrected chi connectivity index (χ0v) is 12.0. The molecule has 3 rings (SSSR count). The van der Waals surface area contributed by atoms with E-state index >= 15 is 0 Å². The molecule has 1 aliphatic heterocycles. The van der Waals surface area contributed by atoms with Crippen LogP contribution < -0.4 is 5.73 Å². The predicted molar refractivity (Wildman–Crippen MR) is 80.0 cm³/mol. The Morgan fingerprint density at radius 2 is 1.86 bits per heavy atom. The number of carboxylic acid groups (broad SMARTS) is 1. The van der Waals surface area contributed by atoms with Gasteiger partial charge in [0, 0.05) is 6.42 Å².